The van der Waals surface area contributed by atoms with Gasteiger partial charge in [-0.1, -0.05) is 24.3 Å². The molecular formula is C24H26FNO4. The Labute approximate surface area is 175 Å². The van der Waals surface area contributed by atoms with Gasteiger partial charge in [-0.2, -0.15) is 0 Å². The number of ketones is 1. The van der Waals surface area contributed by atoms with E-state index in [1.165, 1.54) is 19.1 Å². The van der Waals surface area contributed by atoms with Crippen LogP contribution in [0, 0.1) is 11.2 Å². The highest BCUT2D eigenvalue weighted by molar-refractivity contribution is 5.98. The molecule has 1 heterocycles. The normalized spacial score (nSPS) is 18.7. The molecule has 0 spiro atoms. The summed E-state index contributed by atoms with van der Waals surface area (Å²) in [5.74, 6) is -0.915. The van der Waals surface area contributed by atoms with Crippen LogP contribution < -0.4 is 0 Å². The third-order valence-corrected chi connectivity index (χ3v) is 5.57. The number of ether oxygens (including phenoxy) is 1. The summed E-state index contributed by atoms with van der Waals surface area (Å²) in [5, 5.41) is 0. The number of carbonyl (C=O) groups excluding carboxylic acids is 3. The van der Waals surface area contributed by atoms with Gasteiger partial charge < -0.3 is 9.64 Å². The van der Waals surface area contributed by atoms with E-state index in [0.29, 0.717) is 36.9 Å². The average molecular weight is 411 g/mol. The molecule has 1 aliphatic heterocycles. The van der Waals surface area contributed by atoms with Crippen molar-refractivity contribution in [2.45, 2.75) is 33.1 Å². The Hall–Kier alpha value is -3.02. The van der Waals surface area contributed by atoms with Gasteiger partial charge in [-0.15, -0.1) is 0 Å². The fourth-order valence-electron chi connectivity index (χ4n) is 4.00. The zero-order valence-electron chi connectivity index (χ0n) is 17.3. The van der Waals surface area contributed by atoms with Gasteiger partial charge in [0.05, 0.1) is 12.0 Å². The Kier molecular flexibility index (Phi) is 6.65. The van der Waals surface area contributed by atoms with E-state index in [9.17, 15) is 18.8 Å². The molecule has 3 rings (SSSR count). The number of esters is 1. The Morgan fingerprint density at radius 1 is 1.03 bits per heavy atom. The lowest BCUT2D eigenvalue weighted by Gasteiger charge is -2.41. The first kappa shape index (κ1) is 21.7. The van der Waals surface area contributed by atoms with E-state index in [4.69, 9.17) is 4.74 Å². The molecule has 1 atom stereocenters. The minimum atomic E-state index is -0.874. The van der Waals surface area contributed by atoms with Crippen LogP contribution in [-0.2, 0) is 16.0 Å². The van der Waals surface area contributed by atoms with Crippen molar-refractivity contribution >= 4 is 17.7 Å². The average Bonchev–Trinajstić information content (AvgIpc) is 2.75. The summed E-state index contributed by atoms with van der Waals surface area (Å²) in [5.41, 5.74) is 0.967. The van der Waals surface area contributed by atoms with Crippen molar-refractivity contribution in [3.05, 3.63) is 71.0 Å². The van der Waals surface area contributed by atoms with E-state index in [-0.39, 0.29) is 36.6 Å². The number of amides is 1. The molecular weight excluding hydrogens is 385 g/mol. The minimum absolute atomic E-state index is 0.0624. The smallest absolute Gasteiger partial charge is 0.314 e. The second kappa shape index (κ2) is 9.20. The zero-order chi connectivity index (χ0) is 21.7. The van der Waals surface area contributed by atoms with Crippen LogP contribution in [0.5, 0.6) is 0 Å². The molecule has 0 bridgehead atoms. The summed E-state index contributed by atoms with van der Waals surface area (Å²) >= 11 is 0. The summed E-state index contributed by atoms with van der Waals surface area (Å²) in [7, 11) is 0. The van der Waals surface area contributed by atoms with E-state index < -0.39 is 5.41 Å². The van der Waals surface area contributed by atoms with Gasteiger partial charge in [0.15, 0.2) is 5.78 Å². The highest BCUT2D eigenvalue weighted by Crippen LogP contribution is 2.36. The van der Waals surface area contributed by atoms with Crippen LogP contribution in [0.25, 0.3) is 0 Å². The number of rotatable bonds is 6. The van der Waals surface area contributed by atoms with Gasteiger partial charge in [-0.3, -0.25) is 14.4 Å². The van der Waals surface area contributed by atoms with Crippen molar-refractivity contribution in [1.29, 1.82) is 0 Å². The molecule has 5 nitrogen and oxygen atoms in total. The van der Waals surface area contributed by atoms with Crippen molar-refractivity contribution in [2.75, 3.05) is 19.7 Å². The third kappa shape index (κ3) is 4.75. The fourth-order valence-corrected chi connectivity index (χ4v) is 4.00. The molecule has 158 valence electrons. The number of benzene rings is 2. The molecule has 0 aliphatic carbocycles. The predicted octanol–water partition coefficient (Wildman–Crippen LogP) is 4.06. The Morgan fingerprint density at radius 3 is 2.27 bits per heavy atom. The molecule has 2 aromatic carbocycles. The van der Waals surface area contributed by atoms with Gasteiger partial charge in [0.2, 0.25) is 0 Å². The number of Topliss-reactive ketones (excluding diaryl/α,β-unsaturated/α-hetero) is 1. The van der Waals surface area contributed by atoms with Crippen LogP contribution in [0.15, 0.2) is 48.5 Å². The lowest BCUT2D eigenvalue weighted by molar-refractivity contribution is -0.158. The third-order valence-electron chi connectivity index (χ3n) is 5.57. The van der Waals surface area contributed by atoms with Gasteiger partial charge in [-0.25, -0.2) is 4.39 Å². The number of hydrogen-bond acceptors (Lipinski definition) is 4. The van der Waals surface area contributed by atoms with Crippen LogP contribution in [0.3, 0.4) is 0 Å². The minimum Gasteiger partial charge on any atom is -0.466 e. The SMILES string of the molecule is CCOC(=O)[C@]1(Cc2ccc(F)cc2)CCCN(C(=O)c2ccc(C(C)=O)cc2)C1. The maximum absolute atomic E-state index is 13.3. The molecule has 1 saturated heterocycles. The van der Waals surface area contributed by atoms with Gasteiger partial charge in [0.25, 0.3) is 5.91 Å². The van der Waals surface area contributed by atoms with Crippen LogP contribution in [0.4, 0.5) is 4.39 Å². The lowest BCUT2D eigenvalue weighted by Crippen LogP contribution is -2.51. The molecule has 1 fully saturated rings. The maximum atomic E-state index is 13.3. The number of likely N-dealkylation sites (tertiary alicyclic amines) is 1. The fraction of sp³-hybridized carbons (Fsp3) is 0.375. The first-order valence-corrected chi connectivity index (χ1v) is 10.2. The second-order valence-electron chi connectivity index (χ2n) is 7.77. The second-order valence-corrected chi connectivity index (χ2v) is 7.77. The number of carbonyl (C=O) groups is 3. The quantitative estimate of drug-likeness (QED) is 0.531. The largest absolute Gasteiger partial charge is 0.466 e. The first-order valence-electron chi connectivity index (χ1n) is 10.2. The van der Waals surface area contributed by atoms with E-state index >= 15 is 0 Å². The van der Waals surface area contributed by atoms with Crippen molar-refractivity contribution < 1.29 is 23.5 Å². The monoisotopic (exact) mass is 411 g/mol. The van der Waals surface area contributed by atoms with E-state index in [1.54, 1.807) is 48.2 Å². The van der Waals surface area contributed by atoms with Gasteiger partial charge >= 0.3 is 5.97 Å². The van der Waals surface area contributed by atoms with E-state index in [2.05, 4.69) is 0 Å². The van der Waals surface area contributed by atoms with Gasteiger partial charge in [0, 0.05) is 24.2 Å². The maximum Gasteiger partial charge on any atom is 0.314 e. The predicted molar refractivity (Wildman–Crippen MR) is 111 cm³/mol. The molecule has 0 saturated carbocycles. The number of halogens is 1. The Balaban J connectivity index is 1.85. The summed E-state index contributed by atoms with van der Waals surface area (Å²) in [6.45, 7) is 4.26. The van der Waals surface area contributed by atoms with Crippen LogP contribution in [-0.4, -0.2) is 42.3 Å². The highest BCUT2D eigenvalue weighted by atomic mass is 19.1. The summed E-state index contributed by atoms with van der Waals surface area (Å²) in [6, 6.07) is 12.6. The van der Waals surface area contributed by atoms with Gasteiger partial charge in [-0.05, 0) is 62.9 Å². The number of piperidine rings is 1. The van der Waals surface area contributed by atoms with E-state index in [1.807, 2.05) is 0 Å². The molecule has 0 aromatic heterocycles. The molecule has 0 unspecified atom stereocenters. The van der Waals surface area contributed by atoms with Crippen LogP contribution >= 0.6 is 0 Å². The lowest BCUT2D eigenvalue weighted by atomic mass is 9.75. The summed E-state index contributed by atoms with van der Waals surface area (Å²) in [4.78, 5) is 39.2. The van der Waals surface area contributed by atoms with Crippen LogP contribution in [0.2, 0.25) is 0 Å². The van der Waals surface area contributed by atoms with Crippen LogP contribution in [0.1, 0.15) is 53.0 Å². The number of nitrogens with zero attached hydrogens (tertiary/aromatic N) is 1. The topological polar surface area (TPSA) is 63.7 Å². The van der Waals surface area contributed by atoms with E-state index in [0.717, 1.165) is 5.56 Å². The van der Waals surface area contributed by atoms with Gasteiger partial charge in [0.1, 0.15) is 5.82 Å². The summed E-state index contributed by atoms with van der Waals surface area (Å²) in [6.07, 6.45) is 1.63. The van der Waals surface area contributed by atoms with Crippen molar-refractivity contribution in [3.8, 4) is 0 Å². The number of hydrogen-bond donors (Lipinski definition) is 0. The molecule has 6 heteroatoms. The highest BCUT2D eigenvalue weighted by Gasteiger charge is 2.44. The molecule has 30 heavy (non-hydrogen) atoms. The molecule has 1 aliphatic rings. The summed E-state index contributed by atoms with van der Waals surface area (Å²) < 4.78 is 18.7. The zero-order valence-corrected chi connectivity index (χ0v) is 17.3. The van der Waals surface area contributed by atoms with Crippen molar-refractivity contribution in [2.24, 2.45) is 5.41 Å². The first-order chi connectivity index (χ1) is 14.3. The standard InChI is InChI=1S/C24H26FNO4/c1-3-30-23(29)24(15-18-5-11-21(25)12-6-18)13-4-14-26(16-24)22(28)20-9-7-19(8-10-20)17(2)27/h5-12H,3-4,13-16H2,1-2H3/t24-/m0/s1. The molecule has 1 amide bonds. The molecule has 0 radical (unpaired) electrons. The molecule has 2 aromatic rings. The van der Waals surface area contributed by atoms with Crippen molar-refractivity contribution in [1.82, 2.24) is 4.90 Å². The Bertz CT molecular complexity index is 923. The Morgan fingerprint density at radius 2 is 1.67 bits per heavy atom. The molecule has 0 N–H and O–H groups in total. The van der Waals surface area contributed by atoms with Crippen molar-refractivity contribution in [3.63, 3.8) is 0 Å².